The van der Waals surface area contributed by atoms with Crippen LogP contribution in [0.15, 0.2) is 6.07 Å². The number of nitrogens with zero attached hydrogens (tertiary/aromatic N) is 3. The number of fused-ring (bicyclic) bond motifs is 1. The molecule has 0 aliphatic carbocycles. The molecule has 1 aliphatic rings. The number of hydrogen-bond donors (Lipinski definition) is 1. The van der Waals surface area contributed by atoms with Gasteiger partial charge in [0.25, 0.3) is 0 Å². The Labute approximate surface area is 109 Å². The molecular formula is C11H13ClN4S. The topological polar surface area (TPSA) is 41.0 Å². The molecular weight excluding hydrogens is 256 g/mol. The number of hydrogen-bond acceptors (Lipinski definition) is 5. The van der Waals surface area contributed by atoms with Crippen LogP contribution in [0.5, 0.6) is 0 Å². The maximum atomic E-state index is 5.99. The first-order valence-electron chi connectivity index (χ1n) is 5.63. The van der Waals surface area contributed by atoms with E-state index < -0.39 is 0 Å². The van der Waals surface area contributed by atoms with Crippen LogP contribution in [-0.4, -0.2) is 36.1 Å². The highest BCUT2D eigenvalue weighted by Crippen LogP contribution is 2.31. The lowest BCUT2D eigenvalue weighted by Gasteiger charge is -2.28. The summed E-state index contributed by atoms with van der Waals surface area (Å²) in [7, 11) is 0. The average Bonchev–Trinajstić information content (AvgIpc) is 2.69. The van der Waals surface area contributed by atoms with Crippen molar-refractivity contribution in [3.63, 3.8) is 0 Å². The number of nitrogens with one attached hydrogen (secondary N) is 1. The van der Waals surface area contributed by atoms with Crippen LogP contribution in [0.4, 0.5) is 5.82 Å². The summed E-state index contributed by atoms with van der Waals surface area (Å²) in [5, 5.41) is 4.80. The number of halogens is 1. The van der Waals surface area contributed by atoms with E-state index in [2.05, 4.69) is 33.2 Å². The molecule has 1 N–H and O–H groups in total. The summed E-state index contributed by atoms with van der Waals surface area (Å²) in [6.07, 6.45) is 0. The van der Waals surface area contributed by atoms with E-state index >= 15 is 0 Å². The fourth-order valence-corrected chi connectivity index (χ4v) is 3.21. The van der Waals surface area contributed by atoms with Gasteiger partial charge in [0, 0.05) is 31.1 Å². The maximum absolute atomic E-state index is 5.99. The van der Waals surface area contributed by atoms with E-state index in [-0.39, 0.29) is 0 Å². The minimum absolute atomic E-state index is 0.341. The Balaban J connectivity index is 2.12. The van der Waals surface area contributed by atoms with Crippen LogP contribution in [0.3, 0.4) is 0 Å². The molecule has 4 nitrogen and oxygen atoms in total. The lowest BCUT2D eigenvalue weighted by Crippen LogP contribution is -2.44. The zero-order valence-electron chi connectivity index (χ0n) is 9.53. The molecule has 90 valence electrons. The first-order valence-corrected chi connectivity index (χ1v) is 6.83. The van der Waals surface area contributed by atoms with Crippen LogP contribution < -0.4 is 10.2 Å². The predicted molar refractivity (Wildman–Crippen MR) is 72.2 cm³/mol. The van der Waals surface area contributed by atoms with Crippen LogP contribution in [0.1, 0.15) is 4.88 Å². The minimum atomic E-state index is 0.341. The number of aryl methyl sites for hydroxylation is 1. The molecule has 0 saturated carbocycles. The molecule has 3 rings (SSSR count). The van der Waals surface area contributed by atoms with Gasteiger partial charge >= 0.3 is 0 Å². The molecule has 6 heteroatoms. The third kappa shape index (κ3) is 2.10. The van der Waals surface area contributed by atoms with Gasteiger partial charge in [-0.15, -0.1) is 11.3 Å². The second-order valence-electron chi connectivity index (χ2n) is 4.13. The summed E-state index contributed by atoms with van der Waals surface area (Å²) in [5.74, 6) is 0.978. The van der Waals surface area contributed by atoms with Gasteiger partial charge < -0.3 is 10.2 Å². The van der Waals surface area contributed by atoms with Crippen LogP contribution in [0.2, 0.25) is 5.28 Å². The highest BCUT2D eigenvalue weighted by Gasteiger charge is 2.17. The maximum Gasteiger partial charge on any atom is 0.225 e. The van der Waals surface area contributed by atoms with Gasteiger partial charge in [0.05, 0.1) is 5.39 Å². The molecule has 3 heterocycles. The number of piperazine rings is 1. The number of thiophene rings is 1. The highest BCUT2D eigenvalue weighted by atomic mass is 35.5. The summed E-state index contributed by atoms with van der Waals surface area (Å²) in [5.41, 5.74) is 0. The zero-order chi connectivity index (χ0) is 11.8. The molecule has 1 fully saturated rings. The minimum Gasteiger partial charge on any atom is -0.353 e. The fourth-order valence-electron chi connectivity index (χ4n) is 2.12. The largest absolute Gasteiger partial charge is 0.353 e. The number of aromatic nitrogens is 2. The quantitative estimate of drug-likeness (QED) is 0.804. The lowest BCUT2D eigenvalue weighted by atomic mass is 10.3. The summed E-state index contributed by atoms with van der Waals surface area (Å²) in [6, 6.07) is 2.15. The van der Waals surface area contributed by atoms with Crippen molar-refractivity contribution in [1.82, 2.24) is 15.3 Å². The van der Waals surface area contributed by atoms with Crippen molar-refractivity contribution in [2.45, 2.75) is 6.92 Å². The van der Waals surface area contributed by atoms with Crippen molar-refractivity contribution >= 4 is 39.0 Å². The standard InChI is InChI=1S/C11H13ClN4S/c1-7-6-8-9(16-4-2-13-3-5-16)14-11(12)15-10(8)17-7/h6,13H,2-5H2,1H3. The fraction of sp³-hybridized carbons (Fsp3) is 0.455. The SMILES string of the molecule is Cc1cc2c(N3CCNCC3)nc(Cl)nc2s1. The predicted octanol–water partition coefficient (Wildman–Crippen LogP) is 2.06. The average molecular weight is 269 g/mol. The molecule has 0 bridgehead atoms. The Morgan fingerprint density at radius 1 is 1.35 bits per heavy atom. The van der Waals surface area contributed by atoms with Gasteiger partial charge in [-0.05, 0) is 24.6 Å². The Morgan fingerprint density at radius 2 is 2.12 bits per heavy atom. The molecule has 0 radical (unpaired) electrons. The molecule has 0 amide bonds. The molecule has 2 aromatic heterocycles. The van der Waals surface area contributed by atoms with E-state index in [1.807, 2.05) is 0 Å². The second kappa shape index (κ2) is 4.40. The third-order valence-corrected chi connectivity index (χ3v) is 4.00. The van der Waals surface area contributed by atoms with E-state index in [1.54, 1.807) is 11.3 Å². The van der Waals surface area contributed by atoms with Crippen LogP contribution in [0.25, 0.3) is 10.2 Å². The van der Waals surface area contributed by atoms with Gasteiger partial charge in [-0.3, -0.25) is 0 Å². The molecule has 1 aliphatic heterocycles. The molecule has 0 atom stereocenters. The monoisotopic (exact) mass is 268 g/mol. The summed E-state index contributed by atoms with van der Waals surface area (Å²) < 4.78 is 0. The normalized spacial score (nSPS) is 16.7. The van der Waals surface area contributed by atoms with Crippen molar-refractivity contribution in [2.75, 3.05) is 31.1 Å². The molecule has 1 saturated heterocycles. The van der Waals surface area contributed by atoms with Crippen molar-refractivity contribution in [3.8, 4) is 0 Å². The highest BCUT2D eigenvalue weighted by molar-refractivity contribution is 7.18. The van der Waals surface area contributed by atoms with Crippen molar-refractivity contribution < 1.29 is 0 Å². The van der Waals surface area contributed by atoms with Gasteiger partial charge in [-0.25, -0.2) is 4.98 Å². The summed E-state index contributed by atoms with van der Waals surface area (Å²) in [6.45, 7) is 6.01. The molecule has 2 aromatic rings. The third-order valence-electron chi connectivity index (χ3n) is 2.89. The number of anilines is 1. The van der Waals surface area contributed by atoms with E-state index in [4.69, 9.17) is 11.6 Å². The Bertz CT molecular complexity index is 548. The van der Waals surface area contributed by atoms with Crippen molar-refractivity contribution in [3.05, 3.63) is 16.2 Å². The van der Waals surface area contributed by atoms with Crippen LogP contribution in [-0.2, 0) is 0 Å². The van der Waals surface area contributed by atoms with Gasteiger partial charge in [0.2, 0.25) is 5.28 Å². The Morgan fingerprint density at radius 3 is 2.88 bits per heavy atom. The van der Waals surface area contributed by atoms with Gasteiger partial charge in [0.15, 0.2) is 0 Å². The zero-order valence-corrected chi connectivity index (χ0v) is 11.1. The van der Waals surface area contributed by atoms with Gasteiger partial charge in [-0.2, -0.15) is 4.98 Å². The Hall–Kier alpha value is -0.910. The summed E-state index contributed by atoms with van der Waals surface area (Å²) in [4.78, 5) is 13.2. The molecule has 0 spiro atoms. The lowest BCUT2D eigenvalue weighted by molar-refractivity contribution is 0.586. The smallest absolute Gasteiger partial charge is 0.225 e. The van der Waals surface area contributed by atoms with Crippen LogP contribution >= 0.6 is 22.9 Å². The Kier molecular flexibility index (Phi) is 2.90. The number of rotatable bonds is 1. The van der Waals surface area contributed by atoms with Crippen LogP contribution in [0, 0.1) is 6.92 Å². The molecule has 0 unspecified atom stereocenters. The first kappa shape index (κ1) is 11.2. The van der Waals surface area contributed by atoms with E-state index in [0.717, 1.165) is 42.2 Å². The second-order valence-corrected chi connectivity index (χ2v) is 5.70. The van der Waals surface area contributed by atoms with E-state index in [1.165, 1.54) is 4.88 Å². The van der Waals surface area contributed by atoms with E-state index in [9.17, 15) is 0 Å². The van der Waals surface area contributed by atoms with Gasteiger partial charge in [-0.1, -0.05) is 0 Å². The van der Waals surface area contributed by atoms with E-state index in [0.29, 0.717) is 5.28 Å². The first-order chi connectivity index (χ1) is 8.24. The molecule has 0 aromatic carbocycles. The van der Waals surface area contributed by atoms with Gasteiger partial charge in [0.1, 0.15) is 10.6 Å². The van der Waals surface area contributed by atoms with Crippen molar-refractivity contribution in [1.29, 1.82) is 0 Å². The summed E-state index contributed by atoms with van der Waals surface area (Å²) >= 11 is 7.66. The molecule has 17 heavy (non-hydrogen) atoms. The van der Waals surface area contributed by atoms with Crippen molar-refractivity contribution in [2.24, 2.45) is 0 Å².